The molecule has 0 aliphatic heterocycles. The molecule has 0 unspecified atom stereocenters. The topological polar surface area (TPSA) is 52.3 Å². The van der Waals surface area contributed by atoms with E-state index in [-0.39, 0.29) is 5.82 Å². The fourth-order valence-corrected chi connectivity index (χ4v) is 2.88. The Balaban J connectivity index is 1.67. The zero-order chi connectivity index (χ0) is 17.9. The number of hydrogen-bond donors (Lipinski definition) is 0. The van der Waals surface area contributed by atoms with E-state index in [4.69, 9.17) is 4.74 Å². The average Bonchev–Trinajstić information content (AvgIpc) is 3.10. The molecule has 0 bridgehead atoms. The Hall–Kier alpha value is -3.28. The third-order valence-corrected chi connectivity index (χ3v) is 4.22. The first-order chi connectivity index (χ1) is 12.7. The number of halogens is 1. The lowest BCUT2D eigenvalue weighted by molar-refractivity contribution is 0.411. The average molecular weight is 348 g/mol. The molecule has 130 valence electrons. The van der Waals surface area contributed by atoms with E-state index in [9.17, 15) is 4.39 Å². The van der Waals surface area contributed by atoms with Gasteiger partial charge in [-0.3, -0.25) is 0 Å². The molecule has 0 saturated carbocycles. The van der Waals surface area contributed by atoms with Crippen LogP contribution in [0.25, 0.3) is 17.0 Å². The first kappa shape index (κ1) is 16.2. The molecule has 26 heavy (non-hydrogen) atoms. The van der Waals surface area contributed by atoms with Gasteiger partial charge >= 0.3 is 0 Å². The number of fused-ring (bicyclic) bond motifs is 1. The molecule has 0 atom stereocenters. The third-order valence-electron chi connectivity index (χ3n) is 4.22. The van der Waals surface area contributed by atoms with Gasteiger partial charge in [-0.15, -0.1) is 5.10 Å². The van der Waals surface area contributed by atoms with Crippen molar-refractivity contribution in [1.29, 1.82) is 0 Å². The molecular weight excluding hydrogens is 331 g/mol. The largest absolute Gasteiger partial charge is 0.497 e. The van der Waals surface area contributed by atoms with Crippen LogP contribution < -0.4 is 4.74 Å². The van der Waals surface area contributed by atoms with Crippen molar-refractivity contribution >= 4 is 5.78 Å². The maximum Gasteiger partial charge on any atom is 0.252 e. The summed E-state index contributed by atoms with van der Waals surface area (Å²) in [5, 5.41) is 4.53. The normalized spacial score (nSPS) is 11.0. The van der Waals surface area contributed by atoms with Crippen molar-refractivity contribution in [2.24, 2.45) is 0 Å². The highest BCUT2D eigenvalue weighted by Gasteiger charge is 2.13. The van der Waals surface area contributed by atoms with Crippen LogP contribution >= 0.6 is 0 Å². The molecule has 0 amide bonds. The van der Waals surface area contributed by atoms with Crippen molar-refractivity contribution < 1.29 is 9.13 Å². The van der Waals surface area contributed by atoms with Gasteiger partial charge in [0.2, 0.25) is 0 Å². The Kier molecular flexibility index (Phi) is 4.31. The van der Waals surface area contributed by atoms with E-state index in [0.29, 0.717) is 35.0 Å². The van der Waals surface area contributed by atoms with Gasteiger partial charge in [0.05, 0.1) is 12.8 Å². The van der Waals surface area contributed by atoms with Gasteiger partial charge in [-0.1, -0.05) is 30.3 Å². The van der Waals surface area contributed by atoms with E-state index in [2.05, 4.69) is 27.2 Å². The third kappa shape index (κ3) is 3.13. The molecule has 0 aliphatic carbocycles. The van der Waals surface area contributed by atoms with Crippen molar-refractivity contribution in [3.8, 4) is 17.0 Å². The van der Waals surface area contributed by atoms with Crippen LogP contribution in [0.4, 0.5) is 4.39 Å². The summed E-state index contributed by atoms with van der Waals surface area (Å²) in [5.74, 6) is 1.24. The molecule has 0 aliphatic rings. The van der Waals surface area contributed by atoms with Crippen molar-refractivity contribution in [2.45, 2.75) is 12.8 Å². The summed E-state index contributed by atoms with van der Waals surface area (Å²) in [5.41, 5.74) is 2.26. The van der Waals surface area contributed by atoms with Gasteiger partial charge in [0.15, 0.2) is 5.82 Å². The van der Waals surface area contributed by atoms with E-state index >= 15 is 0 Å². The van der Waals surface area contributed by atoms with Gasteiger partial charge in [0, 0.05) is 24.2 Å². The van der Waals surface area contributed by atoms with Gasteiger partial charge in [0.25, 0.3) is 5.78 Å². The second kappa shape index (κ2) is 6.92. The van der Waals surface area contributed by atoms with Crippen LogP contribution in [0.5, 0.6) is 5.75 Å². The standard InChI is InChI=1S/C20H17FN4O/c1-26-15-8-9-16(17(21)13-15)18-11-12-22-20-23-19(24-25(18)20)10-7-14-5-3-2-4-6-14/h2-6,8-9,11-13H,7,10H2,1H3. The molecule has 5 nitrogen and oxygen atoms in total. The highest BCUT2D eigenvalue weighted by molar-refractivity contribution is 5.63. The zero-order valence-electron chi connectivity index (χ0n) is 14.3. The van der Waals surface area contributed by atoms with Crippen molar-refractivity contribution in [3.05, 3.63) is 78.0 Å². The molecule has 0 spiro atoms. The van der Waals surface area contributed by atoms with E-state index in [1.54, 1.807) is 28.9 Å². The van der Waals surface area contributed by atoms with Gasteiger partial charge in [-0.25, -0.2) is 9.37 Å². The van der Waals surface area contributed by atoms with Gasteiger partial charge in [-0.05, 0) is 30.2 Å². The Labute approximate surface area is 150 Å². The van der Waals surface area contributed by atoms with Crippen LogP contribution in [-0.4, -0.2) is 26.7 Å². The van der Waals surface area contributed by atoms with E-state index in [1.807, 2.05) is 18.2 Å². The van der Waals surface area contributed by atoms with Gasteiger partial charge in [0.1, 0.15) is 11.6 Å². The predicted octanol–water partition coefficient (Wildman–Crippen LogP) is 3.72. The molecule has 0 saturated heterocycles. The SMILES string of the molecule is COc1ccc(-c2ccnc3nc(CCc4ccccc4)nn23)c(F)c1. The van der Waals surface area contributed by atoms with Gasteiger partial charge in [-0.2, -0.15) is 9.50 Å². The van der Waals surface area contributed by atoms with Crippen LogP contribution in [0.2, 0.25) is 0 Å². The number of methoxy groups -OCH3 is 1. The summed E-state index contributed by atoms with van der Waals surface area (Å²) in [7, 11) is 1.51. The molecule has 2 heterocycles. The number of aryl methyl sites for hydroxylation is 2. The Morgan fingerprint density at radius 2 is 1.88 bits per heavy atom. The molecular formula is C20H17FN4O. The summed E-state index contributed by atoms with van der Waals surface area (Å²) < 4.78 is 21.1. The first-order valence-electron chi connectivity index (χ1n) is 8.33. The van der Waals surface area contributed by atoms with Crippen LogP contribution in [0.3, 0.4) is 0 Å². The number of rotatable bonds is 5. The summed E-state index contributed by atoms with van der Waals surface area (Å²) in [6.45, 7) is 0. The van der Waals surface area contributed by atoms with Crippen molar-refractivity contribution in [2.75, 3.05) is 7.11 Å². The number of hydrogen-bond acceptors (Lipinski definition) is 4. The Morgan fingerprint density at radius 3 is 2.65 bits per heavy atom. The van der Waals surface area contributed by atoms with Gasteiger partial charge < -0.3 is 4.74 Å². The number of aromatic nitrogens is 4. The monoisotopic (exact) mass is 348 g/mol. The number of nitrogens with zero attached hydrogens (tertiary/aromatic N) is 4. The van der Waals surface area contributed by atoms with Crippen LogP contribution in [0, 0.1) is 5.82 Å². The second-order valence-electron chi connectivity index (χ2n) is 5.90. The fraction of sp³-hybridized carbons (Fsp3) is 0.150. The summed E-state index contributed by atoms with van der Waals surface area (Å²) in [6, 6.07) is 16.6. The summed E-state index contributed by atoms with van der Waals surface area (Å²) in [4.78, 5) is 8.72. The number of ether oxygens (including phenoxy) is 1. The highest BCUT2D eigenvalue weighted by Crippen LogP contribution is 2.26. The number of benzene rings is 2. The summed E-state index contributed by atoms with van der Waals surface area (Å²) in [6.07, 6.45) is 3.14. The van der Waals surface area contributed by atoms with Crippen molar-refractivity contribution in [1.82, 2.24) is 19.6 Å². The second-order valence-corrected chi connectivity index (χ2v) is 5.90. The van der Waals surface area contributed by atoms with Crippen LogP contribution in [-0.2, 0) is 12.8 Å². The highest BCUT2D eigenvalue weighted by atomic mass is 19.1. The van der Waals surface area contributed by atoms with Crippen LogP contribution in [0.15, 0.2) is 60.8 Å². The molecule has 2 aromatic heterocycles. The van der Waals surface area contributed by atoms with E-state index < -0.39 is 0 Å². The lowest BCUT2D eigenvalue weighted by atomic mass is 10.1. The minimum atomic E-state index is -0.377. The van der Waals surface area contributed by atoms with E-state index in [1.165, 1.54) is 18.7 Å². The lowest BCUT2D eigenvalue weighted by Gasteiger charge is -2.06. The molecule has 0 fully saturated rings. The molecule has 4 aromatic rings. The summed E-state index contributed by atoms with van der Waals surface area (Å²) >= 11 is 0. The lowest BCUT2D eigenvalue weighted by Crippen LogP contribution is -1.99. The van der Waals surface area contributed by atoms with E-state index in [0.717, 1.165) is 6.42 Å². The minimum absolute atomic E-state index is 0.377. The molecule has 6 heteroatoms. The minimum Gasteiger partial charge on any atom is -0.497 e. The Morgan fingerprint density at radius 1 is 1.04 bits per heavy atom. The molecule has 0 N–H and O–H groups in total. The predicted molar refractivity (Wildman–Crippen MR) is 96.6 cm³/mol. The maximum atomic E-state index is 14.5. The smallest absolute Gasteiger partial charge is 0.252 e. The first-order valence-corrected chi connectivity index (χ1v) is 8.33. The van der Waals surface area contributed by atoms with Crippen molar-refractivity contribution in [3.63, 3.8) is 0 Å². The molecule has 2 aromatic carbocycles. The molecule has 0 radical (unpaired) electrons. The Bertz CT molecular complexity index is 1050. The maximum absolute atomic E-state index is 14.5. The quantitative estimate of drug-likeness (QED) is 0.551. The van der Waals surface area contributed by atoms with Crippen LogP contribution in [0.1, 0.15) is 11.4 Å². The fourth-order valence-electron chi connectivity index (χ4n) is 2.88. The zero-order valence-corrected chi connectivity index (χ0v) is 14.3. The molecule has 4 rings (SSSR count).